The number of hydrogen-bond acceptors (Lipinski definition) is 6. The number of ketones is 1. The van der Waals surface area contributed by atoms with Crippen molar-refractivity contribution < 1.29 is 19.2 Å². The second-order valence-electron chi connectivity index (χ2n) is 9.32. The molecule has 9 nitrogen and oxygen atoms in total. The molecule has 3 saturated heterocycles. The Bertz CT molecular complexity index is 1130. The van der Waals surface area contributed by atoms with Crippen molar-refractivity contribution in [3.63, 3.8) is 0 Å². The molecule has 0 aromatic heterocycles. The summed E-state index contributed by atoms with van der Waals surface area (Å²) in [4.78, 5) is 54.5. The summed E-state index contributed by atoms with van der Waals surface area (Å²) >= 11 is 1.45. The SMILES string of the molecule is C=CC(=O)N1CCC[C@@H](NC(=O)C2=C3NC(=O)N(c4cccc(C(C)=O)c4)C4CCNC(S2)C34)C1. The quantitative estimate of drug-likeness (QED) is 0.426. The van der Waals surface area contributed by atoms with Crippen LogP contribution < -0.4 is 20.9 Å². The number of urea groups is 1. The Morgan fingerprint density at radius 1 is 1.26 bits per heavy atom. The highest BCUT2D eigenvalue weighted by Crippen LogP contribution is 2.48. The lowest BCUT2D eigenvalue weighted by atomic mass is 9.86. The number of thioether (sulfide) groups is 1. The van der Waals surface area contributed by atoms with Crippen molar-refractivity contribution in [2.75, 3.05) is 24.5 Å². The van der Waals surface area contributed by atoms with Crippen molar-refractivity contribution in [1.29, 1.82) is 0 Å². The first-order valence-electron chi connectivity index (χ1n) is 11.9. The van der Waals surface area contributed by atoms with E-state index in [2.05, 4.69) is 22.5 Å². The molecule has 4 aliphatic rings. The molecule has 5 rings (SSSR count). The second kappa shape index (κ2) is 9.50. The summed E-state index contributed by atoms with van der Waals surface area (Å²) in [5, 5.41) is 9.53. The van der Waals surface area contributed by atoms with E-state index in [9.17, 15) is 19.2 Å². The van der Waals surface area contributed by atoms with Crippen LogP contribution in [0.5, 0.6) is 0 Å². The normalized spacial score (nSPS) is 27.7. The molecule has 0 aliphatic carbocycles. The fourth-order valence-electron chi connectivity index (χ4n) is 5.47. The number of Topliss-reactive ketones (excluding diaryl/α,β-unsaturated/α-hetero) is 1. The number of benzene rings is 1. The highest BCUT2D eigenvalue weighted by atomic mass is 32.2. The molecule has 0 saturated carbocycles. The number of nitrogens with one attached hydrogen (secondary N) is 3. The molecule has 10 heteroatoms. The van der Waals surface area contributed by atoms with Gasteiger partial charge < -0.3 is 20.9 Å². The second-order valence-corrected chi connectivity index (χ2v) is 10.5. The van der Waals surface area contributed by atoms with E-state index < -0.39 is 0 Å². The van der Waals surface area contributed by atoms with E-state index in [1.165, 1.54) is 24.8 Å². The topological polar surface area (TPSA) is 111 Å². The lowest BCUT2D eigenvalue weighted by Crippen LogP contribution is -2.62. The Morgan fingerprint density at radius 3 is 2.86 bits per heavy atom. The van der Waals surface area contributed by atoms with Crippen LogP contribution in [0.1, 0.15) is 36.5 Å². The molecule has 35 heavy (non-hydrogen) atoms. The maximum atomic E-state index is 13.3. The first-order valence-corrected chi connectivity index (χ1v) is 12.8. The van der Waals surface area contributed by atoms with Crippen LogP contribution >= 0.6 is 11.8 Å². The molecule has 4 heterocycles. The van der Waals surface area contributed by atoms with Crippen LogP contribution in [0.2, 0.25) is 0 Å². The third kappa shape index (κ3) is 4.36. The molecule has 1 aromatic carbocycles. The van der Waals surface area contributed by atoms with Gasteiger partial charge in [0.2, 0.25) is 5.91 Å². The Labute approximate surface area is 208 Å². The predicted octanol–water partition coefficient (Wildman–Crippen LogP) is 1.97. The first-order chi connectivity index (χ1) is 16.9. The Kier molecular flexibility index (Phi) is 6.41. The number of hydrogen-bond donors (Lipinski definition) is 3. The zero-order valence-electron chi connectivity index (χ0n) is 19.6. The number of likely N-dealkylation sites (tertiary alicyclic amines) is 1. The van der Waals surface area contributed by atoms with Gasteiger partial charge in [0.25, 0.3) is 5.91 Å². The smallest absolute Gasteiger partial charge is 0.326 e. The molecule has 3 fully saturated rings. The van der Waals surface area contributed by atoms with Gasteiger partial charge in [-0.1, -0.05) is 30.5 Å². The third-order valence-electron chi connectivity index (χ3n) is 7.12. The number of piperidine rings is 2. The van der Waals surface area contributed by atoms with Crippen LogP contribution in [0.25, 0.3) is 0 Å². The van der Waals surface area contributed by atoms with Crippen molar-refractivity contribution in [3.8, 4) is 0 Å². The van der Waals surface area contributed by atoms with E-state index in [1.807, 2.05) is 6.07 Å². The van der Waals surface area contributed by atoms with E-state index in [4.69, 9.17) is 0 Å². The van der Waals surface area contributed by atoms with E-state index >= 15 is 0 Å². The Balaban J connectivity index is 1.38. The molecule has 0 radical (unpaired) electrons. The van der Waals surface area contributed by atoms with Gasteiger partial charge in [-0.3, -0.25) is 19.3 Å². The van der Waals surface area contributed by atoms with Gasteiger partial charge in [0.05, 0.1) is 16.3 Å². The van der Waals surface area contributed by atoms with Crippen LogP contribution in [-0.4, -0.2) is 65.6 Å². The largest absolute Gasteiger partial charge is 0.347 e. The number of carbonyl (C=O) groups is 4. The minimum absolute atomic E-state index is 0.0335. The van der Waals surface area contributed by atoms with E-state index in [0.29, 0.717) is 34.9 Å². The molecule has 4 aliphatic heterocycles. The fourth-order valence-corrected chi connectivity index (χ4v) is 6.87. The molecular formula is C25H29N5O4S. The molecule has 3 unspecified atom stereocenters. The summed E-state index contributed by atoms with van der Waals surface area (Å²) in [7, 11) is 0. The van der Waals surface area contributed by atoms with Gasteiger partial charge in [0, 0.05) is 42.0 Å². The Morgan fingerprint density at radius 2 is 2.09 bits per heavy atom. The molecule has 0 spiro atoms. The molecular weight excluding hydrogens is 466 g/mol. The number of carbonyl (C=O) groups excluding carboxylic acids is 4. The molecule has 3 N–H and O–H groups in total. The first kappa shape index (κ1) is 23.6. The molecule has 4 atom stereocenters. The summed E-state index contributed by atoms with van der Waals surface area (Å²) in [6.07, 6.45) is 3.64. The number of amides is 4. The lowest BCUT2D eigenvalue weighted by molar-refractivity contribution is -0.128. The fraction of sp³-hybridized carbons (Fsp3) is 0.440. The van der Waals surface area contributed by atoms with Gasteiger partial charge >= 0.3 is 6.03 Å². The summed E-state index contributed by atoms with van der Waals surface area (Å²) in [6, 6.07) is 6.56. The van der Waals surface area contributed by atoms with Gasteiger partial charge in [0.15, 0.2) is 5.78 Å². The van der Waals surface area contributed by atoms with Gasteiger partial charge in [-0.15, -0.1) is 0 Å². The van der Waals surface area contributed by atoms with Crippen LogP contribution in [0.15, 0.2) is 47.5 Å². The zero-order chi connectivity index (χ0) is 24.7. The van der Waals surface area contributed by atoms with Gasteiger partial charge in [-0.25, -0.2) is 4.79 Å². The number of nitrogens with zero attached hydrogens (tertiary/aromatic N) is 2. The van der Waals surface area contributed by atoms with Crippen LogP contribution in [0, 0.1) is 5.92 Å². The molecule has 1 aromatic rings. The minimum atomic E-state index is -0.296. The van der Waals surface area contributed by atoms with Gasteiger partial charge in [-0.2, -0.15) is 0 Å². The van der Waals surface area contributed by atoms with Crippen molar-refractivity contribution in [2.24, 2.45) is 5.92 Å². The summed E-state index contributed by atoms with van der Waals surface area (Å²) in [5.74, 6) is -0.476. The summed E-state index contributed by atoms with van der Waals surface area (Å²) < 4.78 is 0. The number of rotatable bonds is 5. The van der Waals surface area contributed by atoms with Gasteiger partial charge in [-0.05, 0) is 50.9 Å². The van der Waals surface area contributed by atoms with E-state index in [0.717, 1.165) is 25.8 Å². The molecule has 4 amide bonds. The van der Waals surface area contributed by atoms with Crippen molar-refractivity contribution in [1.82, 2.24) is 20.9 Å². The maximum Gasteiger partial charge on any atom is 0.326 e. The summed E-state index contributed by atoms with van der Waals surface area (Å²) in [6.45, 7) is 6.89. The lowest BCUT2D eigenvalue weighted by Gasteiger charge is -2.45. The average molecular weight is 496 g/mol. The summed E-state index contributed by atoms with van der Waals surface area (Å²) in [5.41, 5.74) is 1.89. The van der Waals surface area contributed by atoms with Crippen LogP contribution in [0.4, 0.5) is 10.5 Å². The minimum Gasteiger partial charge on any atom is -0.347 e. The van der Waals surface area contributed by atoms with E-state index in [1.54, 1.807) is 28.0 Å². The molecule has 0 bridgehead atoms. The van der Waals surface area contributed by atoms with Crippen molar-refractivity contribution >= 4 is 41.1 Å². The average Bonchev–Trinajstić information content (AvgIpc) is 3.23. The standard InChI is InChI=1S/C25H29N5O4S/c1-3-19(32)29-11-5-7-16(13-29)27-23(33)22-21-20-18(9-10-26-24(20)35-22)30(25(34)28-21)17-8-4-6-15(12-17)14(2)31/h3-4,6,8,12,16,18,20,24,26H,1,5,7,9-11,13H2,2H3,(H,27,33)(H,28,34)/t16-,18?,20?,24?/m1/s1. The van der Waals surface area contributed by atoms with Crippen molar-refractivity contribution in [3.05, 3.63) is 53.1 Å². The van der Waals surface area contributed by atoms with E-state index in [-0.39, 0.29) is 47.0 Å². The van der Waals surface area contributed by atoms with Crippen molar-refractivity contribution in [2.45, 2.75) is 43.6 Å². The Hall–Kier alpha value is -3.11. The number of anilines is 1. The highest BCUT2D eigenvalue weighted by molar-refractivity contribution is 8.04. The molecule has 184 valence electrons. The van der Waals surface area contributed by atoms with Crippen LogP contribution in [0.3, 0.4) is 0 Å². The highest BCUT2D eigenvalue weighted by Gasteiger charge is 2.51. The maximum absolute atomic E-state index is 13.3. The van der Waals surface area contributed by atoms with Crippen LogP contribution in [-0.2, 0) is 9.59 Å². The predicted molar refractivity (Wildman–Crippen MR) is 134 cm³/mol. The zero-order valence-corrected chi connectivity index (χ0v) is 20.4. The monoisotopic (exact) mass is 495 g/mol. The van der Waals surface area contributed by atoms with Gasteiger partial charge in [0.1, 0.15) is 0 Å². The third-order valence-corrected chi connectivity index (χ3v) is 8.48.